The van der Waals surface area contributed by atoms with E-state index in [1.54, 1.807) is 42.3 Å². The summed E-state index contributed by atoms with van der Waals surface area (Å²) in [6.07, 6.45) is 1.09. The largest absolute Gasteiger partial charge is 0.436 e. The summed E-state index contributed by atoms with van der Waals surface area (Å²) in [4.78, 5) is 39.8. The minimum atomic E-state index is -2.95. The molecule has 1 N–H and O–H groups in total. The Labute approximate surface area is 249 Å². The normalized spacial score (nSPS) is 18.7. The summed E-state index contributed by atoms with van der Waals surface area (Å²) in [5.41, 5.74) is 3.09. The molecule has 2 amide bonds. The number of oxazole rings is 1. The molecule has 0 spiro atoms. The fraction of sp³-hybridized carbons (Fsp3) is 0.300. The number of benzene rings is 2. The van der Waals surface area contributed by atoms with Gasteiger partial charge in [-0.05, 0) is 41.1 Å². The molecule has 3 aromatic heterocycles. The van der Waals surface area contributed by atoms with Gasteiger partial charge in [-0.1, -0.05) is 30.3 Å². The molecule has 0 radical (unpaired) electrons. The van der Waals surface area contributed by atoms with Crippen LogP contribution in [0, 0.1) is 5.92 Å². The molecule has 4 heterocycles. The van der Waals surface area contributed by atoms with Crippen LogP contribution < -0.4 is 5.32 Å². The number of carbonyl (C=O) groups excluding carboxylic acids is 2. The molecule has 1 saturated carbocycles. The average molecular weight is 600 g/mol. The quantitative estimate of drug-likeness (QED) is 0.298. The van der Waals surface area contributed by atoms with E-state index in [-0.39, 0.29) is 23.5 Å². The Morgan fingerprint density at radius 3 is 2.52 bits per heavy atom. The number of aromatic nitrogens is 6. The zero-order valence-corrected chi connectivity index (χ0v) is 23.6. The molecule has 1 saturated heterocycles. The van der Waals surface area contributed by atoms with E-state index in [2.05, 4.69) is 35.6 Å². The smallest absolute Gasteiger partial charge is 0.272 e. The Morgan fingerprint density at radius 2 is 1.82 bits per heavy atom. The van der Waals surface area contributed by atoms with Crippen LogP contribution in [0.2, 0.25) is 0 Å². The van der Waals surface area contributed by atoms with Gasteiger partial charge in [0, 0.05) is 50.0 Å². The number of nitrogens with one attached hydrogen (secondary N) is 1. The van der Waals surface area contributed by atoms with Crippen molar-refractivity contribution in [2.75, 3.05) is 31.5 Å². The zero-order valence-electron chi connectivity index (χ0n) is 23.6. The number of hydrogen-bond acceptors (Lipinski definition) is 9. The van der Waals surface area contributed by atoms with Crippen LogP contribution in [0.25, 0.3) is 22.6 Å². The maximum absolute atomic E-state index is 13.5. The number of tetrazole rings is 1. The number of aryl methyl sites for hydroxylation is 1. The van der Waals surface area contributed by atoms with Crippen LogP contribution in [0.5, 0.6) is 0 Å². The molecule has 1 aliphatic heterocycles. The Kier molecular flexibility index (Phi) is 6.84. The van der Waals surface area contributed by atoms with Crippen LogP contribution in [-0.2, 0) is 11.8 Å². The van der Waals surface area contributed by atoms with Crippen molar-refractivity contribution in [2.45, 2.75) is 18.4 Å². The molecule has 224 valence electrons. The second kappa shape index (κ2) is 10.9. The van der Waals surface area contributed by atoms with Gasteiger partial charge < -0.3 is 14.6 Å². The number of rotatable bonds is 7. The van der Waals surface area contributed by atoms with E-state index >= 15 is 0 Å². The lowest BCUT2D eigenvalue weighted by Crippen LogP contribution is -2.50. The fourth-order valence-corrected chi connectivity index (χ4v) is 5.45. The van der Waals surface area contributed by atoms with Gasteiger partial charge >= 0.3 is 0 Å². The fourth-order valence-electron chi connectivity index (χ4n) is 5.45. The Morgan fingerprint density at radius 1 is 1.05 bits per heavy atom. The van der Waals surface area contributed by atoms with E-state index in [0.29, 0.717) is 54.4 Å². The third-order valence-corrected chi connectivity index (χ3v) is 7.87. The van der Waals surface area contributed by atoms with Gasteiger partial charge in [-0.2, -0.15) is 4.80 Å². The van der Waals surface area contributed by atoms with Crippen LogP contribution in [0.1, 0.15) is 34.3 Å². The molecule has 5 aromatic rings. The molecule has 2 aromatic carbocycles. The summed E-state index contributed by atoms with van der Waals surface area (Å²) in [5.74, 6) is -4.32. The molecule has 12 nitrogen and oxygen atoms in total. The van der Waals surface area contributed by atoms with E-state index in [1.165, 1.54) is 11.0 Å². The summed E-state index contributed by atoms with van der Waals surface area (Å²) in [6.45, 7) is 2.17. The highest BCUT2D eigenvalue weighted by Crippen LogP contribution is 2.49. The summed E-state index contributed by atoms with van der Waals surface area (Å²) in [6, 6.07) is 17.9. The average Bonchev–Trinajstić information content (AvgIpc) is 3.32. The van der Waals surface area contributed by atoms with Crippen molar-refractivity contribution in [3.63, 3.8) is 0 Å². The summed E-state index contributed by atoms with van der Waals surface area (Å²) >= 11 is 0. The highest BCUT2D eigenvalue weighted by atomic mass is 19.3. The van der Waals surface area contributed by atoms with Crippen molar-refractivity contribution in [1.29, 1.82) is 0 Å². The molecular formula is C30H27F2N9O3. The van der Waals surface area contributed by atoms with Crippen LogP contribution in [0.4, 0.5) is 14.5 Å². The molecule has 2 fully saturated rings. The first-order valence-electron chi connectivity index (χ1n) is 14.1. The van der Waals surface area contributed by atoms with Gasteiger partial charge in [-0.15, -0.1) is 10.2 Å². The number of nitrogens with zero attached hydrogens (tertiary/aromatic N) is 8. The SMILES string of the molecule is Cn1nnc([C@@H](c2ccccc2)N2CCN(C(=O)c3cc(-c4nc5cc(NC(=O)[C@H]6CC6(F)F)ccc5o4)ccn3)CC2)n1. The summed E-state index contributed by atoms with van der Waals surface area (Å²) in [5, 5.41) is 15.3. The highest BCUT2D eigenvalue weighted by Gasteiger charge is 2.61. The maximum Gasteiger partial charge on any atom is 0.272 e. The lowest BCUT2D eigenvalue weighted by Gasteiger charge is -2.38. The second-order valence-corrected chi connectivity index (χ2v) is 10.9. The number of alkyl halides is 2. The number of hydrogen-bond donors (Lipinski definition) is 1. The third-order valence-electron chi connectivity index (χ3n) is 7.87. The third kappa shape index (κ3) is 5.39. The first-order chi connectivity index (χ1) is 21.2. The summed E-state index contributed by atoms with van der Waals surface area (Å²) in [7, 11) is 1.73. The number of anilines is 1. The lowest BCUT2D eigenvalue weighted by atomic mass is 10.0. The second-order valence-electron chi connectivity index (χ2n) is 10.9. The first-order valence-corrected chi connectivity index (χ1v) is 14.1. The van der Waals surface area contributed by atoms with E-state index in [0.717, 1.165) is 5.56 Å². The van der Waals surface area contributed by atoms with Gasteiger partial charge in [0.05, 0.1) is 13.1 Å². The standard InChI is InChI=1S/C30H27F2N9O3/c1-39-37-26(36-38-39)25(18-5-3-2-4-6-18)40-11-13-41(14-12-40)29(43)23-15-19(9-10-33-23)28-35-22-16-20(7-8-24(22)44-28)34-27(42)21-17-30(21,31)32/h2-10,15-16,21,25H,11-14,17H2,1H3,(H,34,42)/t21-,25-/m1/s1. The summed E-state index contributed by atoms with van der Waals surface area (Å²) < 4.78 is 32.4. The zero-order chi connectivity index (χ0) is 30.4. The van der Waals surface area contributed by atoms with Gasteiger partial charge in [0.2, 0.25) is 11.8 Å². The van der Waals surface area contributed by atoms with E-state index in [9.17, 15) is 18.4 Å². The molecule has 44 heavy (non-hydrogen) atoms. The molecule has 7 rings (SSSR count). The van der Waals surface area contributed by atoms with E-state index in [4.69, 9.17) is 4.42 Å². The molecule has 0 unspecified atom stereocenters. The number of halogens is 2. The van der Waals surface area contributed by atoms with Crippen molar-refractivity contribution in [3.8, 4) is 11.5 Å². The van der Waals surface area contributed by atoms with Gasteiger partial charge in [0.25, 0.3) is 11.8 Å². The van der Waals surface area contributed by atoms with Crippen molar-refractivity contribution >= 4 is 28.6 Å². The van der Waals surface area contributed by atoms with Crippen molar-refractivity contribution in [3.05, 3.63) is 83.9 Å². The lowest BCUT2D eigenvalue weighted by molar-refractivity contribution is -0.119. The van der Waals surface area contributed by atoms with Gasteiger partial charge in [0.1, 0.15) is 17.1 Å². The minimum Gasteiger partial charge on any atom is -0.436 e. The maximum atomic E-state index is 13.5. The topological polar surface area (TPSA) is 135 Å². The Balaban J connectivity index is 1.04. The predicted molar refractivity (Wildman–Crippen MR) is 153 cm³/mol. The van der Waals surface area contributed by atoms with E-state index in [1.807, 2.05) is 30.3 Å². The Bertz CT molecular complexity index is 1850. The predicted octanol–water partition coefficient (Wildman–Crippen LogP) is 3.55. The highest BCUT2D eigenvalue weighted by molar-refractivity contribution is 5.97. The number of piperazine rings is 1. The number of amides is 2. The monoisotopic (exact) mass is 599 g/mol. The Hall–Kier alpha value is -5.11. The number of fused-ring (bicyclic) bond motifs is 1. The van der Waals surface area contributed by atoms with Crippen molar-refractivity contribution in [2.24, 2.45) is 13.0 Å². The molecule has 0 bridgehead atoms. The van der Waals surface area contributed by atoms with Gasteiger partial charge in [-0.25, -0.2) is 13.8 Å². The number of pyridine rings is 1. The molecule has 1 aliphatic carbocycles. The number of carbonyl (C=O) groups is 2. The first kappa shape index (κ1) is 27.7. The molecule has 2 atom stereocenters. The molecular weight excluding hydrogens is 572 g/mol. The molecule has 14 heteroatoms. The van der Waals surface area contributed by atoms with Crippen molar-refractivity contribution in [1.82, 2.24) is 40.0 Å². The van der Waals surface area contributed by atoms with E-state index < -0.39 is 24.2 Å². The van der Waals surface area contributed by atoms with Crippen LogP contribution in [-0.4, -0.2) is 83.9 Å². The van der Waals surface area contributed by atoms with Crippen LogP contribution in [0.3, 0.4) is 0 Å². The van der Waals surface area contributed by atoms with Crippen molar-refractivity contribution < 1.29 is 22.8 Å². The van der Waals surface area contributed by atoms with Gasteiger partial charge in [-0.3, -0.25) is 19.5 Å². The van der Waals surface area contributed by atoms with Crippen LogP contribution in [0.15, 0.2) is 71.3 Å². The van der Waals surface area contributed by atoms with Gasteiger partial charge in [0.15, 0.2) is 11.4 Å². The minimum absolute atomic E-state index is 0.189. The molecule has 2 aliphatic rings. The van der Waals surface area contributed by atoms with Crippen LogP contribution >= 0.6 is 0 Å².